The number of allylic oxidation sites excluding steroid dienone is 2. The van der Waals surface area contributed by atoms with E-state index in [2.05, 4.69) is 0 Å². The van der Waals surface area contributed by atoms with Crippen LogP contribution in [0.1, 0.15) is 43.4 Å². The molecule has 5 heteroatoms. The van der Waals surface area contributed by atoms with E-state index >= 15 is 0 Å². The Kier molecular flexibility index (Phi) is 5.91. The number of methoxy groups -OCH3 is 1. The fourth-order valence-electron chi connectivity index (χ4n) is 3.57. The molecule has 0 saturated carbocycles. The number of ether oxygens (including phenoxy) is 1. The average Bonchev–Trinajstić information content (AvgIpc) is 2.56. The Labute approximate surface area is 150 Å². The number of benzene rings is 1. The number of aryl methyl sites for hydroxylation is 2. The molecule has 1 heterocycles. The molecule has 1 aromatic rings. The second kappa shape index (κ2) is 7.58. The number of ketones is 1. The smallest absolute Gasteiger partial charge is 0.163 e. The lowest BCUT2D eigenvalue weighted by atomic mass is 9.75. The minimum Gasteiger partial charge on any atom is -0.511 e. The molecule has 1 saturated heterocycles. The second-order valence-electron chi connectivity index (χ2n) is 7.11. The SMILES string of the molecule is COc1cc(C)cc(C)c1/C(C(C)=O)=C(\O)C1(C)CCN(OC)CC1. The molecule has 1 N–H and O–H groups in total. The Morgan fingerprint density at radius 1 is 1.20 bits per heavy atom. The van der Waals surface area contributed by atoms with Gasteiger partial charge in [-0.1, -0.05) is 13.0 Å². The van der Waals surface area contributed by atoms with Gasteiger partial charge in [0.2, 0.25) is 0 Å². The van der Waals surface area contributed by atoms with Crippen molar-refractivity contribution in [1.82, 2.24) is 5.06 Å². The monoisotopic (exact) mass is 347 g/mol. The highest BCUT2D eigenvalue weighted by molar-refractivity contribution is 6.21. The molecule has 1 aromatic carbocycles. The molecule has 25 heavy (non-hydrogen) atoms. The fourth-order valence-corrected chi connectivity index (χ4v) is 3.57. The minimum absolute atomic E-state index is 0.154. The van der Waals surface area contributed by atoms with E-state index in [1.807, 2.05) is 38.0 Å². The molecule has 1 aliphatic rings. The first kappa shape index (κ1) is 19.5. The van der Waals surface area contributed by atoms with Gasteiger partial charge in [-0.25, -0.2) is 0 Å². The van der Waals surface area contributed by atoms with Crippen LogP contribution in [0.5, 0.6) is 5.75 Å². The average molecular weight is 347 g/mol. The van der Waals surface area contributed by atoms with Crippen LogP contribution in [0.2, 0.25) is 0 Å². The molecule has 0 atom stereocenters. The van der Waals surface area contributed by atoms with Crippen molar-refractivity contribution in [2.45, 2.75) is 40.5 Å². The summed E-state index contributed by atoms with van der Waals surface area (Å²) in [7, 11) is 3.24. The zero-order valence-corrected chi connectivity index (χ0v) is 16.1. The molecule has 5 nitrogen and oxygen atoms in total. The van der Waals surface area contributed by atoms with Crippen molar-refractivity contribution < 1.29 is 19.5 Å². The lowest BCUT2D eigenvalue weighted by Gasteiger charge is -2.38. The van der Waals surface area contributed by atoms with Crippen LogP contribution < -0.4 is 4.74 Å². The highest BCUT2D eigenvalue weighted by Crippen LogP contribution is 2.43. The summed E-state index contributed by atoms with van der Waals surface area (Å²) in [6.45, 7) is 8.86. The molecule has 0 amide bonds. The van der Waals surface area contributed by atoms with Gasteiger partial charge in [-0.2, -0.15) is 5.06 Å². The number of carbonyl (C=O) groups excluding carboxylic acids is 1. The quantitative estimate of drug-likeness (QED) is 0.648. The zero-order chi connectivity index (χ0) is 18.8. The van der Waals surface area contributed by atoms with E-state index < -0.39 is 5.41 Å². The Morgan fingerprint density at radius 2 is 1.80 bits per heavy atom. The Morgan fingerprint density at radius 3 is 2.28 bits per heavy atom. The predicted molar refractivity (Wildman–Crippen MR) is 98.6 cm³/mol. The second-order valence-corrected chi connectivity index (χ2v) is 7.11. The number of aliphatic hydroxyl groups is 1. The summed E-state index contributed by atoms with van der Waals surface area (Å²) < 4.78 is 5.52. The number of hydrogen-bond donors (Lipinski definition) is 1. The van der Waals surface area contributed by atoms with Crippen molar-refractivity contribution in [3.05, 3.63) is 34.6 Å². The zero-order valence-electron chi connectivity index (χ0n) is 16.1. The number of carbonyl (C=O) groups is 1. The summed E-state index contributed by atoms with van der Waals surface area (Å²) >= 11 is 0. The molecule has 0 unspecified atom stereocenters. The van der Waals surface area contributed by atoms with Crippen molar-refractivity contribution in [1.29, 1.82) is 0 Å². The van der Waals surface area contributed by atoms with Gasteiger partial charge in [0.25, 0.3) is 0 Å². The Hall–Kier alpha value is -1.85. The van der Waals surface area contributed by atoms with E-state index in [9.17, 15) is 9.90 Å². The van der Waals surface area contributed by atoms with Crippen molar-refractivity contribution >= 4 is 11.4 Å². The molecule has 1 aliphatic heterocycles. The van der Waals surface area contributed by atoms with Crippen LogP contribution in [0.25, 0.3) is 5.57 Å². The number of aliphatic hydroxyl groups excluding tert-OH is 1. The largest absolute Gasteiger partial charge is 0.511 e. The number of piperidine rings is 1. The van der Waals surface area contributed by atoms with Gasteiger partial charge in [-0.05, 0) is 50.8 Å². The number of rotatable bonds is 5. The molecule has 0 aliphatic carbocycles. The molecule has 1 fully saturated rings. The van der Waals surface area contributed by atoms with Gasteiger partial charge in [0.05, 0.1) is 19.8 Å². The van der Waals surface area contributed by atoms with Gasteiger partial charge in [0.1, 0.15) is 11.5 Å². The summed E-state index contributed by atoms with van der Waals surface area (Å²) in [5.74, 6) is 0.617. The summed E-state index contributed by atoms with van der Waals surface area (Å²) in [6.07, 6.45) is 1.44. The van der Waals surface area contributed by atoms with Crippen LogP contribution in [-0.2, 0) is 9.63 Å². The fraction of sp³-hybridized carbons (Fsp3) is 0.550. The van der Waals surface area contributed by atoms with Crippen LogP contribution >= 0.6 is 0 Å². The van der Waals surface area contributed by atoms with Crippen LogP contribution in [0, 0.1) is 19.3 Å². The van der Waals surface area contributed by atoms with E-state index in [0.29, 0.717) is 30.0 Å². The standard InChI is InChI=1S/C20H29NO4/c1-13-11-14(2)17(16(12-13)24-5)18(15(3)22)19(23)20(4)7-9-21(25-6)10-8-20/h11-12,23H,7-10H2,1-6H3/b19-18-. The molecule has 138 valence electrons. The summed E-state index contributed by atoms with van der Waals surface area (Å²) in [5.41, 5.74) is 2.57. The summed E-state index contributed by atoms with van der Waals surface area (Å²) in [5, 5.41) is 13.0. The molecular formula is C20H29NO4. The molecule has 0 aromatic heterocycles. The van der Waals surface area contributed by atoms with Gasteiger partial charge < -0.3 is 14.7 Å². The van der Waals surface area contributed by atoms with Gasteiger partial charge >= 0.3 is 0 Å². The van der Waals surface area contributed by atoms with Crippen molar-refractivity contribution in [3.63, 3.8) is 0 Å². The van der Waals surface area contributed by atoms with Crippen LogP contribution in [0.15, 0.2) is 17.9 Å². The molecule has 2 rings (SSSR count). The van der Waals surface area contributed by atoms with E-state index in [1.165, 1.54) is 6.92 Å². The highest BCUT2D eigenvalue weighted by atomic mass is 16.7. The van der Waals surface area contributed by atoms with Gasteiger partial charge in [-0.3, -0.25) is 4.79 Å². The normalized spacial score (nSPS) is 18.6. The Bertz CT molecular complexity index is 685. The van der Waals surface area contributed by atoms with Gasteiger partial charge in [0, 0.05) is 24.1 Å². The topological polar surface area (TPSA) is 59.0 Å². The summed E-state index contributed by atoms with van der Waals surface area (Å²) in [6, 6.07) is 3.90. The first-order chi connectivity index (χ1) is 11.7. The maximum absolute atomic E-state index is 12.5. The first-order valence-corrected chi connectivity index (χ1v) is 8.63. The third-order valence-electron chi connectivity index (χ3n) is 5.16. The van der Waals surface area contributed by atoms with Crippen molar-refractivity contribution in [2.24, 2.45) is 5.41 Å². The predicted octanol–water partition coefficient (Wildman–Crippen LogP) is 3.83. The third kappa shape index (κ3) is 3.88. The molecule has 0 radical (unpaired) electrons. The van der Waals surface area contributed by atoms with E-state index in [1.54, 1.807) is 14.2 Å². The van der Waals surface area contributed by atoms with Crippen LogP contribution in [0.3, 0.4) is 0 Å². The van der Waals surface area contributed by atoms with Gasteiger partial charge in [-0.15, -0.1) is 0 Å². The van der Waals surface area contributed by atoms with Crippen LogP contribution in [-0.4, -0.2) is 43.3 Å². The maximum atomic E-state index is 12.5. The maximum Gasteiger partial charge on any atom is 0.163 e. The lowest BCUT2D eigenvalue weighted by molar-refractivity contribution is -0.156. The van der Waals surface area contributed by atoms with E-state index in [4.69, 9.17) is 9.57 Å². The Balaban J connectivity index is 2.58. The van der Waals surface area contributed by atoms with Crippen molar-refractivity contribution in [3.8, 4) is 5.75 Å². The van der Waals surface area contributed by atoms with E-state index in [0.717, 1.165) is 24.0 Å². The van der Waals surface area contributed by atoms with Gasteiger partial charge in [0.15, 0.2) is 5.78 Å². The number of hydroxylamine groups is 2. The summed E-state index contributed by atoms with van der Waals surface area (Å²) in [4.78, 5) is 17.8. The van der Waals surface area contributed by atoms with E-state index in [-0.39, 0.29) is 11.5 Å². The number of Topliss-reactive ketones (excluding diaryl/α,β-unsaturated/α-hetero) is 1. The third-order valence-corrected chi connectivity index (χ3v) is 5.16. The number of hydrogen-bond acceptors (Lipinski definition) is 5. The number of nitrogens with zero attached hydrogens (tertiary/aromatic N) is 1. The lowest BCUT2D eigenvalue weighted by Crippen LogP contribution is -2.39. The van der Waals surface area contributed by atoms with Crippen LogP contribution in [0.4, 0.5) is 0 Å². The first-order valence-electron chi connectivity index (χ1n) is 8.63. The minimum atomic E-state index is -0.460. The highest BCUT2D eigenvalue weighted by Gasteiger charge is 2.37. The molecular weight excluding hydrogens is 318 g/mol. The van der Waals surface area contributed by atoms with Crippen molar-refractivity contribution in [2.75, 3.05) is 27.3 Å². The molecule has 0 spiro atoms. The molecule has 0 bridgehead atoms.